The Bertz CT molecular complexity index is 930. The molecule has 0 saturated carbocycles. The highest BCUT2D eigenvalue weighted by atomic mass is 79.9. The smallest absolute Gasteiger partial charge is 0.219 e. The highest BCUT2D eigenvalue weighted by molar-refractivity contribution is 9.10. The van der Waals surface area contributed by atoms with Gasteiger partial charge in [-0.25, -0.2) is 9.97 Å². The molecule has 2 heterocycles. The molecule has 0 fully saturated rings. The van der Waals surface area contributed by atoms with Gasteiger partial charge in [-0.1, -0.05) is 12.1 Å². The van der Waals surface area contributed by atoms with Gasteiger partial charge in [0.2, 0.25) is 5.88 Å². The number of hydrogen-bond donors (Lipinski definition) is 3. The quantitative estimate of drug-likeness (QED) is 0.217. The van der Waals surface area contributed by atoms with Gasteiger partial charge in [0.1, 0.15) is 16.1 Å². The molecule has 5 N–H and O–H groups in total. The maximum Gasteiger partial charge on any atom is 0.219 e. The predicted octanol–water partition coefficient (Wildman–Crippen LogP) is 5.27. The summed E-state index contributed by atoms with van der Waals surface area (Å²) in [4.78, 5) is 7.94. The number of phenolic OH excluding ortho intramolecular Hbond substituents is 1. The van der Waals surface area contributed by atoms with Crippen molar-refractivity contribution in [3.63, 3.8) is 0 Å². The van der Waals surface area contributed by atoms with Crippen LogP contribution < -0.4 is 16.2 Å². The average molecular weight is 453 g/mol. The fraction of sp³-hybridized carbons (Fsp3) is 0. The Morgan fingerprint density at radius 2 is 1.24 bits per heavy atom. The molecule has 0 aliphatic carbocycles. The van der Waals surface area contributed by atoms with Crippen LogP contribution in [0.1, 0.15) is 0 Å². The van der Waals surface area contributed by atoms with Crippen molar-refractivity contribution in [1.82, 2.24) is 9.97 Å². The second-order valence-corrected chi connectivity index (χ2v) is 6.40. The predicted molar refractivity (Wildman–Crippen MR) is 120 cm³/mol. The van der Waals surface area contributed by atoms with E-state index in [9.17, 15) is 0 Å². The summed E-state index contributed by atoms with van der Waals surface area (Å²) < 4.78 is 6.35. The van der Waals surface area contributed by atoms with Crippen molar-refractivity contribution in [3.05, 3.63) is 102 Å². The van der Waals surface area contributed by atoms with E-state index in [1.165, 1.54) is 0 Å². The summed E-state index contributed by atoms with van der Waals surface area (Å²) in [5, 5.41) is 8.70. The van der Waals surface area contributed by atoms with Gasteiger partial charge in [-0.15, -0.1) is 0 Å². The highest BCUT2D eigenvalue weighted by Crippen LogP contribution is 2.19. The lowest BCUT2D eigenvalue weighted by atomic mass is 10.3. The molecule has 7 heteroatoms. The summed E-state index contributed by atoms with van der Waals surface area (Å²) >= 11 is 3.20. The number of pyridine rings is 2. The third kappa shape index (κ3) is 9.25. The van der Waals surface area contributed by atoms with Gasteiger partial charge in [-0.2, -0.15) is 0 Å². The van der Waals surface area contributed by atoms with E-state index >= 15 is 0 Å². The Morgan fingerprint density at radius 3 is 1.66 bits per heavy atom. The minimum Gasteiger partial charge on any atom is -0.508 e. The number of rotatable bonds is 2. The van der Waals surface area contributed by atoms with Crippen LogP contribution in [0, 0.1) is 0 Å². The molecule has 29 heavy (non-hydrogen) atoms. The standard InChI is InChI=1S/C11H10N2O.C6H7NO.C5H4BrN/c12-9-4-6-10(7-5-9)14-11-3-1-2-8-13-11;7-5-1-3-6(8)4-2-5;6-5-3-1-2-4-7-5/h1-8H,12H2;1-4,8H,7H2;1-4H. The molecule has 0 bridgehead atoms. The van der Waals surface area contributed by atoms with Crippen molar-refractivity contribution in [1.29, 1.82) is 0 Å². The van der Waals surface area contributed by atoms with Gasteiger partial charge < -0.3 is 21.3 Å². The van der Waals surface area contributed by atoms with E-state index in [4.69, 9.17) is 21.3 Å². The molecule has 2 aromatic heterocycles. The molecule has 0 aliphatic heterocycles. The van der Waals surface area contributed by atoms with Crippen LogP contribution in [-0.4, -0.2) is 15.1 Å². The molecule has 0 atom stereocenters. The Labute approximate surface area is 178 Å². The number of halogens is 1. The van der Waals surface area contributed by atoms with Gasteiger partial charge in [0, 0.05) is 29.8 Å². The van der Waals surface area contributed by atoms with Crippen LogP contribution in [0.5, 0.6) is 17.4 Å². The molecule has 0 amide bonds. The fourth-order valence-corrected chi connectivity index (χ4v) is 2.15. The number of phenols is 1. The van der Waals surface area contributed by atoms with Crippen molar-refractivity contribution < 1.29 is 9.84 Å². The Hall–Kier alpha value is -3.58. The summed E-state index contributed by atoms with van der Waals surface area (Å²) in [6.07, 6.45) is 3.43. The number of benzene rings is 2. The van der Waals surface area contributed by atoms with Crippen molar-refractivity contribution >= 4 is 27.3 Å². The SMILES string of the molecule is Brc1ccccn1.Nc1ccc(O)cc1.Nc1ccc(Oc2ccccn2)cc1. The largest absolute Gasteiger partial charge is 0.508 e. The number of nitrogens with two attached hydrogens (primary N) is 2. The maximum atomic E-state index is 8.70. The lowest BCUT2D eigenvalue weighted by Gasteiger charge is -2.03. The lowest BCUT2D eigenvalue weighted by molar-refractivity contribution is 0.463. The number of aromatic nitrogens is 2. The monoisotopic (exact) mass is 452 g/mol. The van der Waals surface area contributed by atoms with Gasteiger partial charge >= 0.3 is 0 Å². The number of nitrogen functional groups attached to an aromatic ring is 2. The molecule has 0 radical (unpaired) electrons. The second kappa shape index (κ2) is 12.0. The Morgan fingerprint density at radius 1 is 0.690 bits per heavy atom. The number of nitrogens with zero attached hydrogens (tertiary/aromatic N) is 2. The normalized spacial score (nSPS) is 9.28. The summed E-state index contributed by atoms with van der Waals surface area (Å²) in [5.41, 5.74) is 12.3. The topological polar surface area (TPSA) is 107 Å². The molecule has 0 unspecified atom stereocenters. The van der Waals surface area contributed by atoms with E-state index in [0.717, 1.165) is 16.0 Å². The molecular formula is C22H21BrN4O2. The van der Waals surface area contributed by atoms with E-state index in [0.29, 0.717) is 11.6 Å². The Kier molecular flexibility index (Phi) is 8.98. The van der Waals surface area contributed by atoms with Crippen LogP contribution in [0.25, 0.3) is 0 Å². The van der Waals surface area contributed by atoms with E-state index < -0.39 is 0 Å². The number of ether oxygens (including phenoxy) is 1. The maximum absolute atomic E-state index is 8.70. The van der Waals surface area contributed by atoms with Crippen LogP contribution in [0.3, 0.4) is 0 Å². The zero-order valence-electron chi connectivity index (χ0n) is 15.5. The average Bonchev–Trinajstić information content (AvgIpc) is 2.74. The first-order valence-corrected chi connectivity index (χ1v) is 9.37. The summed E-state index contributed by atoms with van der Waals surface area (Å²) in [5.74, 6) is 1.56. The molecule has 4 rings (SSSR count). The Balaban J connectivity index is 0.000000170. The van der Waals surface area contributed by atoms with E-state index in [2.05, 4.69) is 25.9 Å². The molecule has 2 aromatic carbocycles. The minimum absolute atomic E-state index is 0.249. The summed E-state index contributed by atoms with van der Waals surface area (Å²) in [6.45, 7) is 0. The molecule has 148 valence electrons. The van der Waals surface area contributed by atoms with Crippen molar-refractivity contribution in [3.8, 4) is 17.4 Å². The molecule has 0 aliphatic rings. The number of aromatic hydroxyl groups is 1. The third-order valence-corrected chi connectivity index (χ3v) is 3.73. The summed E-state index contributed by atoms with van der Waals surface area (Å²) in [7, 11) is 0. The van der Waals surface area contributed by atoms with E-state index in [1.807, 2.05) is 42.5 Å². The highest BCUT2D eigenvalue weighted by Gasteiger charge is 1.95. The summed E-state index contributed by atoms with van der Waals surface area (Å²) in [6, 6.07) is 24.8. The first kappa shape index (κ1) is 21.7. The van der Waals surface area contributed by atoms with Crippen LogP contribution in [0.4, 0.5) is 11.4 Å². The first-order chi connectivity index (χ1) is 14.0. The molecule has 0 saturated heterocycles. The van der Waals surface area contributed by atoms with Crippen LogP contribution in [0.15, 0.2) is 102 Å². The molecule has 6 nitrogen and oxygen atoms in total. The van der Waals surface area contributed by atoms with E-state index in [1.54, 1.807) is 54.9 Å². The lowest BCUT2D eigenvalue weighted by Crippen LogP contribution is -1.87. The van der Waals surface area contributed by atoms with Crippen molar-refractivity contribution in [2.45, 2.75) is 0 Å². The van der Waals surface area contributed by atoms with Gasteiger partial charge in [0.15, 0.2) is 0 Å². The molecule has 0 spiro atoms. The molecule has 4 aromatic rings. The fourth-order valence-electron chi connectivity index (χ4n) is 1.88. The number of anilines is 2. The van der Waals surface area contributed by atoms with Crippen LogP contribution in [-0.2, 0) is 0 Å². The van der Waals surface area contributed by atoms with Crippen LogP contribution >= 0.6 is 15.9 Å². The second-order valence-electron chi connectivity index (χ2n) is 5.58. The minimum atomic E-state index is 0.249. The van der Waals surface area contributed by atoms with Gasteiger partial charge in [0.25, 0.3) is 0 Å². The van der Waals surface area contributed by atoms with Crippen LogP contribution in [0.2, 0.25) is 0 Å². The van der Waals surface area contributed by atoms with Crippen molar-refractivity contribution in [2.24, 2.45) is 0 Å². The molecular weight excluding hydrogens is 432 g/mol. The van der Waals surface area contributed by atoms with Gasteiger partial charge in [0.05, 0.1) is 0 Å². The van der Waals surface area contributed by atoms with Gasteiger partial charge in [-0.05, 0) is 82.7 Å². The first-order valence-electron chi connectivity index (χ1n) is 8.58. The number of hydrogen-bond acceptors (Lipinski definition) is 6. The zero-order valence-corrected chi connectivity index (χ0v) is 17.1. The van der Waals surface area contributed by atoms with Crippen molar-refractivity contribution in [2.75, 3.05) is 11.5 Å². The third-order valence-electron chi connectivity index (χ3n) is 3.26. The van der Waals surface area contributed by atoms with E-state index in [-0.39, 0.29) is 5.75 Å². The van der Waals surface area contributed by atoms with Gasteiger partial charge in [-0.3, -0.25) is 0 Å². The zero-order chi connectivity index (χ0) is 20.9.